The lowest BCUT2D eigenvalue weighted by Gasteiger charge is -2.36. The molecule has 222 valence electrons. The predicted octanol–water partition coefficient (Wildman–Crippen LogP) is 10.9. The molecule has 0 heterocycles. The van der Waals surface area contributed by atoms with E-state index in [2.05, 4.69) is 102 Å². The van der Waals surface area contributed by atoms with Crippen LogP contribution in [0.3, 0.4) is 0 Å². The van der Waals surface area contributed by atoms with Gasteiger partial charge in [-0.05, 0) is 126 Å². The van der Waals surface area contributed by atoms with Crippen molar-refractivity contribution in [2.75, 3.05) is 0 Å². The molecule has 2 rings (SSSR count). The molecule has 0 fully saturated rings. The fraction of sp³-hybridized carbons (Fsp3) is 0.579. The molecule has 0 amide bonds. The average Bonchev–Trinajstić information content (AvgIpc) is 2.93. The number of hydrogen-bond acceptors (Lipinski definition) is 2. The zero-order chi connectivity index (χ0) is 29.5. The zero-order valence-electron chi connectivity index (χ0n) is 27.1. The minimum absolute atomic E-state index is 0.302. The van der Waals surface area contributed by atoms with Crippen molar-refractivity contribution in [3.8, 4) is 0 Å². The second-order valence-corrected chi connectivity index (χ2v) is 12.0. The molecule has 0 saturated heterocycles. The SMILES string of the molecule is C=CNC(C)C(CCC)N(C=C)/C(C)=C(/C=C/CCc1cc(CCCCC)cc(C)c1C1C=C(C)CCC1)CC. The van der Waals surface area contributed by atoms with Crippen LogP contribution in [0.25, 0.3) is 0 Å². The van der Waals surface area contributed by atoms with E-state index in [0.717, 1.165) is 32.1 Å². The van der Waals surface area contributed by atoms with Gasteiger partial charge in [0.2, 0.25) is 0 Å². The standard InChI is InChI=1S/C38H60N2/c1-10-15-16-22-33-27-30(7)38(35-25-19-21-29(6)26-35)36(28-33)24-18-17-23-34(12-3)32(9)40(14-5)37(20-11-2)31(8)39-13-4/h13-14,17,23,26-28,31,35,37,39H,4-5,10-12,15-16,18-22,24-25H2,1-3,6-9H3/b23-17+,34-32+. The van der Waals surface area contributed by atoms with Crippen LogP contribution in [-0.2, 0) is 12.8 Å². The quantitative estimate of drug-likeness (QED) is 0.112. The molecule has 0 aromatic heterocycles. The fourth-order valence-corrected chi connectivity index (χ4v) is 6.62. The largest absolute Gasteiger partial charge is 0.387 e. The predicted molar refractivity (Wildman–Crippen MR) is 179 cm³/mol. The topological polar surface area (TPSA) is 15.3 Å². The monoisotopic (exact) mass is 544 g/mol. The summed E-state index contributed by atoms with van der Waals surface area (Å²) >= 11 is 0. The Morgan fingerprint density at radius 1 is 1.10 bits per heavy atom. The highest BCUT2D eigenvalue weighted by molar-refractivity contribution is 5.44. The summed E-state index contributed by atoms with van der Waals surface area (Å²) < 4.78 is 0. The Kier molecular flexibility index (Phi) is 15.2. The fourth-order valence-electron chi connectivity index (χ4n) is 6.62. The molecule has 1 aromatic carbocycles. The first-order valence-electron chi connectivity index (χ1n) is 16.2. The first-order chi connectivity index (χ1) is 19.3. The van der Waals surface area contributed by atoms with E-state index in [1.54, 1.807) is 16.7 Å². The van der Waals surface area contributed by atoms with Crippen LogP contribution in [0.15, 0.2) is 72.8 Å². The summed E-state index contributed by atoms with van der Waals surface area (Å²) in [6, 6.07) is 5.69. The third kappa shape index (κ3) is 9.86. The number of nitrogens with one attached hydrogen (secondary N) is 1. The molecule has 0 aliphatic heterocycles. The van der Waals surface area contributed by atoms with Gasteiger partial charge >= 0.3 is 0 Å². The third-order valence-corrected chi connectivity index (χ3v) is 8.77. The summed E-state index contributed by atoms with van der Waals surface area (Å²) in [5, 5.41) is 3.42. The molecule has 3 atom stereocenters. The van der Waals surface area contributed by atoms with Crippen molar-refractivity contribution in [3.05, 3.63) is 95.0 Å². The molecule has 0 bridgehead atoms. The van der Waals surface area contributed by atoms with Gasteiger partial charge in [-0.3, -0.25) is 0 Å². The number of nitrogens with zero attached hydrogens (tertiary/aromatic N) is 1. The van der Waals surface area contributed by atoms with Crippen LogP contribution in [0.2, 0.25) is 0 Å². The maximum absolute atomic E-state index is 4.19. The second kappa shape index (κ2) is 18.1. The molecule has 3 unspecified atom stereocenters. The summed E-state index contributed by atoms with van der Waals surface area (Å²) in [6.07, 6.45) is 25.6. The Morgan fingerprint density at radius 3 is 2.50 bits per heavy atom. The second-order valence-electron chi connectivity index (χ2n) is 12.0. The highest BCUT2D eigenvalue weighted by atomic mass is 15.2. The Balaban J connectivity index is 2.30. The van der Waals surface area contributed by atoms with Crippen LogP contribution >= 0.6 is 0 Å². The van der Waals surface area contributed by atoms with Gasteiger partial charge in [-0.15, -0.1) is 0 Å². The molecule has 1 aromatic rings. The number of unbranched alkanes of at least 4 members (excludes halogenated alkanes) is 2. The number of benzene rings is 1. The summed E-state index contributed by atoms with van der Waals surface area (Å²) in [4.78, 5) is 2.38. The molecule has 2 heteroatoms. The average molecular weight is 545 g/mol. The van der Waals surface area contributed by atoms with E-state index in [0.29, 0.717) is 18.0 Å². The molecule has 1 aliphatic rings. The molecule has 0 saturated carbocycles. The number of aryl methyl sites for hydroxylation is 3. The van der Waals surface area contributed by atoms with Crippen molar-refractivity contribution in [1.82, 2.24) is 10.2 Å². The van der Waals surface area contributed by atoms with Gasteiger partial charge in [0.25, 0.3) is 0 Å². The summed E-state index contributed by atoms with van der Waals surface area (Å²) in [5.41, 5.74) is 10.5. The van der Waals surface area contributed by atoms with Gasteiger partial charge in [0.05, 0.1) is 6.04 Å². The first-order valence-corrected chi connectivity index (χ1v) is 16.2. The number of rotatable bonds is 18. The van der Waals surface area contributed by atoms with Crippen LogP contribution in [-0.4, -0.2) is 17.0 Å². The molecule has 0 spiro atoms. The van der Waals surface area contributed by atoms with E-state index in [9.17, 15) is 0 Å². The Hall–Kier alpha value is -2.48. The smallest absolute Gasteiger partial charge is 0.0531 e. The lowest BCUT2D eigenvalue weighted by molar-refractivity contribution is 0.265. The summed E-state index contributed by atoms with van der Waals surface area (Å²) in [7, 11) is 0. The molecular weight excluding hydrogens is 484 g/mol. The minimum Gasteiger partial charge on any atom is -0.387 e. The van der Waals surface area contributed by atoms with Gasteiger partial charge in [-0.2, -0.15) is 0 Å². The van der Waals surface area contributed by atoms with Crippen LogP contribution < -0.4 is 5.32 Å². The van der Waals surface area contributed by atoms with Gasteiger partial charge in [-0.25, -0.2) is 0 Å². The van der Waals surface area contributed by atoms with Gasteiger partial charge in [-0.1, -0.05) is 89.1 Å². The van der Waals surface area contributed by atoms with E-state index in [1.165, 1.54) is 67.3 Å². The first kappa shape index (κ1) is 33.7. The van der Waals surface area contributed by atoms with Crippen LogP contribution in [0.5, 0.6) is 0 Å². The van der Waals surface area contributed by atoms with Gasteiger partial charge in [0, 0.05) is 17.7 Å². The normalized spacial score (nSPS) is 17.7. The van der Waals surface area contributed by atoms with Crippen molar-refractivity contribution < 1.29 is 0 Å². The maximum Gasteiger partial charge on any atom is 0.0531 e. The van der Waals surface area contributed by atoms with Crippen molar-refractivity contribution in [1.29, 1.82) is 0 Å². The van der Waals surface area contributed by atoms with Gasteiger partial charge in [0.1, 0.15) is 0 Å². The minimum atomic E-state index is 0.302. The van der Waals surface area contributed by atoms with Crippen LogP contribution in [0.4, 0.5) is 0 Å². The molecule has 1 aliphatic carbocycles. The molecule has 40 heavy (non-hydrogen) atoms. The lowest BCUT2D eigenvalue weighted by atomic mass is 9.80. The Morgan fingerprint density at radius 2 is 1.88 bits per heavy atom. The van der Waals surface area contributed by atoms with E-state index < -0.39 is 0 Å². The van der Waals surface area contributed by atoms with E-state index >= 15 is 0 Å². The van der Waals surface area contributed by atoms with Crippen molar-refractivity contribution >= 4 is 0 Å². The van der Waals surface area contributed by atoms with Gasteiger partial charge < -0.3 is 10.2 Å². The van der Waals surface area contributed by atoms with Crippen LogP contribution in [0.1, 0.15) is 134 Å². The van der Waals surface area contributed by atoms with Crippen molar-refractivity contribution in [2.45, 2.75) is 144 Å². The lowest BCUT2D eigenvalue weighted by Crippen LogP contribution is -2.44. The van der Waals surface area contributed by atoms with Crippen LogP contribution in [0, 0.1) is 6.92 Å². The number of hydrogen-bond donors (Lipinski definition) is 1. The Labute approximate surface area is 248 Å². The number of allylic oxidation sites excluding steroid dienone is 6. The summed E-state index contributed by atoms with van der Waals surface area (Å²) in [5.74, 6) is 0.577. The van der Waals surface area contributed by atoms with Gasteiger partial charge in [0.15, 0.2) is 0 Å². The maximum atomic E-state index is 4.19. The van der Waals surface area contributed by atoms with E-state index in [-0.39, 0.29) is 0 Å². The van der Waals surface area contributed by atoms with Crippen molar-refractivity contribution in [2.24, 2.45) is 0 Å². The molecule has 0 radical (unpaired) electrons. The molecular formula is C38H60N2. The highest BCUT2D eigenvalue weighted by Gasteiger charge is 2.23. The van der Waals surface area contributed by atoms with E-state index in [4.69, 9.17) is 0 Å². The third-order valence-electron chi connectivity index (χ3n) is 8.77. The molecule has 1 N–H and O–H groups in total. The van der Waals surface area contributed by atoms with Crippen molar-refractivity contribution in [3.63, 3.8) is 0 Å². The highest BCUT2D eigenvalue weighted by Crippen LogP contribution is 2.36. The zero-order valence-corrected chi connectivity index (χ0v) is 27.1. The molecule has 2 nitrogen and oxygen atoms in total. The van der Waals surface area contributed by atoms with E-state index in [1.807, 2.05) is 12.4 Å². The summed E-state index contributed by atoms with van der Waals surface area (Å²) in [6.45, 7) is 24.1. The Bertz CT molecular complexity index is 1020.